The Balaban J connectivity index is 1.18. The average Bonchev–Trinajstić information content (AvgIpc) is 3.28. The number of hydrogen-bond acceptors (Lipinski definition) is 7. The smallest absolute Gasteiger partial charge is 0.279 e. The van der Waals surface area contributed by atoms with Gasteiger partial charge in [0.15, 0.2) is 11.5 Å². The molecule has 178 valence electrons. The van der Waals surface area contributed by atoms with E-state index in [2.05, 4.69) is 26.0 Å². The molecule has 1 unspecified atom stereocenters. The molecule has 35 heavy (non-hydrogen) atoms. The van der Waals surface area contributed by atoms with Crippen LogP contribution in [-0.2, 0) is 16.1 Å². The van der Waals surface area contributed by atoms with Gasteiger partial charge in [-0.2, -0.15) is 5.10 Å². The molecule has 1 atom stereocenters. The van der Waals surface area contributed by atoms with Crippen LogP contribution in [0.15, 0.2) is 30.5 Å². The summed E-state index contributed by atoms with van der Waals surface area (Å²) in [7, 11) is 0. The zero-order chi connectivity index (χ0) is 24.3. The van der Waals surface area contributed by atoms with Gasteiger partial charge in [0.05, 0.1) is 17.9 Å². The molecule has 4 amide bonds. The second kappa shape index (κ2) is 7.86. The van der Waals surface area contributed by atoms with Crippen molar-refractivity contribution < 1.29 is 19.2 Å². The molecule has 12 heteroatoms. The van der Waals surface area contributed by atoms with Crippen LogP contribution in [-0.4, -0.2) is 59.3 Å². The molecule has 3 aliphatic rings. The molecule has 2 fully saturated rings. The minimum Gasteiger partial charge on any atom is -0.322 e. The fourth-order valence-corrected chi connectivity index (χ4v) is 4.62. The third-order valence-electron chi connectivity index (χ3n) is 6.55. The maximum absolute atomic E-state index is 12.9. The van der Waals surface area contributed by atoms with Gasteiger partial charge in [0, 0.05) is 30.3 Å². The van der Waals surface area contributed by atoms with Crippen LogP contribution in [0.1, 0.15) is 63.8 Å². The normalized spacial score (nSPS) is 19.6. The van der Waals surface area contributed by atoms with Crippen LogP contribution in [0.2, 0.25) is 0 Å². The number of rotatable bonds is 5. The summed E-state index contributed by atoms with van der Waals surface area (Å²) in [5, 5.41) is 17.6. The number of carbonyl (C=O) groups excluding carboxylic acids is 4. The van der Waals surface area contributed by atoms with E-state index in [1.54, 1.807) is 18.2 Å². The number of aromatic nitrogens is 5. The molecule has 4 heterocycles. The van der Waals surface area contributed by atoms with E-state index in [9.17, 15) is 19.2 Å². The molecular weight excluding hydrogens is 452 g/mol. The summed E-state index contributed by atoms with van der Waals surface area (Å²) in [6.45, 7) is 2.20. The predicted octanol–water partition coefficient (Wildman–Crippen LogP) is 1.12. The number of fused-ring (bicyclic) bond motifs is 1. The van der Waals surface area contributed by atoms with Crippen molar-refractivity contribution in [3.8, 4) is 5.69 Å². The van der Waals surface area contributed by atoms with Crippen LogP contribution in [0.25, 0.3) is 5.69 Å². The van der Waals surface area contributed by atoms with Gasteiger partial charge in [-0.25, -0.2) is 4.68 Å². The van der Waals surface area contributed by atoms with Crippen molar-refractivity contribution in [2.45, 2.75) is 51.2 Å². The largest absolute Gasteiger partial charge is 0.322 e. The number of carbonyl (C=O) groups is 4. The van der Waals surface area contributed by atoms with Gasteiger partial charge in [-0.05, 0) is 49.9 Å². The molecule has 0 spiro atoms. The molecule has 12 nitrogen and oxygen atoms in total. The maximum atomic E-state index is 12.9. The number of benzene rings is 1. The van der Waals surface area contributed by atoms with Crippen molar-refractivity contribution in [3.05, 3.63) is 53.0 Å². The highest BCUT2D eigenvalue weighted by atomic mass is 16.2. The van der Waals surface area contributed by atoms with Crippen LogP contribution in [0.4, 0.5) is 5.82 Å². The van der Waals surface area contributed by atoms with Crippen LogP contribution >= 0.6 is 0 Å². The number of anilines is 1. The lowest BCUT2D eigenvalue weighted by molar-refractivity contribution is -0.136. The van der Waals surface area contributed by atoms with Gasteiger partial charge in [0.2, 0.25) is 11.8 Å². The third kappa shape index (κ3) is 3.76. The average molecular weight is 474 g/mol. The summed E-state index contributed by atoms with van der Waals surface area (Å²) in [5.41, 5.74) is 2.98. The summed E-state index contributed by atoms with van der Waals surface area (Å²) in [4.78, 5) is 50.7. The molecule has 2 aromatic heterocycles. The molecule has 6 rings (SSSR count). The minimum absolute atomic E-state index is 0.130. The van der Waals surface area contributed by atoms with Gasteiger partial charge in [-0.3, -0.25) is 29.2 Å². The van der Waals surface area contributed by atoms with Crippen LogP contribution < -0.4 is 10.6 Å². The lowest BCUT2D eigenvalue weighted by atomic mass is 10.0. The zero-order valence-corrected chi connectivity index (χ0v) is 18.9. The lowest BCUT2D eigenvalue weighted by Gasteiger charge is -2.29. The Hall–Kier alpha value is -4.35. The summed E-state index contributed by atoms with van der Waals surface area (Å²) < 4.78 is 3.39. The van der Waals surface area contributed by atoms with E-state index in [1.165, 1.54) is 15.8 Å². The second-order valence-corrected chi connectivity index (χ2v) is 9.09. The Morgan fingerprint density at radius 2 is 1.97 bits per heavy atom. The summed E-state index contributed by atoms with van der Waals surface area (Å²) in [6.07, 6.45) is 4.21. The summed E-state index contributed by atoms with van der Waals surface area (Å²) in [5.74, 6) is -0.974. The first-order chi connectivity index (χ1) is 16.9. The first-order valence-corrected chi connectivity index (χ1v) is 11.4. The Morgan fingerprint density at radius 3 is 2.74 bits per heavy atom. The molecule has 1 aliphatic carbocycles. The molecule has 0 radical (unpaired) electrons. The number of nitrogens with one attached hydrogen (secondary N) is 2. The number of hydrogen-bond donors (Lipinski definition) is 2. The molecule has 2 N–H and O–H groups in total. The Bertz CT molecular complexity index is 1400. The second-order valence-electron chi connectivity index (χ2n) is 9.09. The monoisotopic (exact) mass is 474 g/mol. The predicted molar refractivity (Wildman–Crippen MR) is 121 cm³/mol. The molecule has 1 saturated carbocycles. The highest BCUT2D eigenvalue weighted by Gasteiger charge is 2.39. The third-order valence-corrected chi connectivity index (χ3v) is 6.55. The Labute approximate surface area is 199 Å². The van der Waals surface area contributed by atoms with E-state index in [0.29, 0.717) is 29.5 Å². The van der Waals surface area contributed by atoms with Gasteiger partial charge in [-0.15, -0.1) is 5.10 Å². The molecule has 1 aromatic carbocycles. The van der Waals surface area contributed by atoms with E-state index < -0.39 is 17.9 Å². The van der Waals surface area contributed by atoms with Crippen molar-refractivity contribution >= 4 is 29.4 Å². The van der Waals surface area contributed by atoms with E-state index in [1.807, 2.05) is 17.7 Å². The fraction of sp³-hybridized carbons (Fsp3) is 0.348. The first-order valence-electron chi connectivity index (χ1n) is 11.4. The van der Waals surface area contributed by atoms with Gasteiger partial charge < -0.3 is 10.2 Å². The van der Waals surface area contributed by atoms with Crippen molar-refractivity contribution in [3.63, 3.8) is 0 Å². The van der Waals surface area contributed by atoms with Gasteiger partial charge in [0.1, 0.15) is 6.04 Å². The lowest BCUT2D eigenvalue weighted by Crippen LogP contribution is -2.52. The molecule has 1 saturated heterocycles. The fourth-order valence-electron chi connectivity index (χ4n) is 4.62. The van der Waals surface area contributed by atoms with E-state index >= 15 is 0 Å². The topological polar surface area (TPSA) is 144 Å². The van der Waals surface area contributed by atoms with E-state index in [4.69, 9.17) is 0 Å². The zero-order valence-electron chi connectivity index (χ0n) is 18.9. The van der Waals surface area contributed by atoms with Crippen LogP contribution in [0.5, 0.6) is 0 Å². The van der Waals surface area contributed by atoms with Crippen molar-refractivity contribution in [2.24, 2.45) is 0 Å². The van der Waals surface area contributed by atoms with Crippen LogP contribution in [0.3, 0.4) is 0 Å². The number of piperidine rings is 1. The molecular formula is C23H22N8O4. The SMILES string of the molecule is Cc1cc(NC(=O)c2cn(-c3ccc4c(c3)CN(C3CCC(=O)NC3=O)C4=O)nn2)nn1C1CC1. The standard InChI is InChI=1S/C23H22N8O4/c1-12-8-19(27-31(12)14-2-3-14)24-21(33)17-11-30(28-26-17)15-4-5-16-13(9-15)10-29(23(16)35)18-6-7-20(32)25-22(18)34/h4-5,8-9,11,14,18H,2-3,6-7,10H2,1H3,(H,24,27,33)(H,25,32,34). The van der Waals surface area contributed by atoms with Crippen molar-refractivity contribution in [2.75, 3.05) is 5.32 Å². The molecule has 2 aliphatic heterocycles. The van der Waals surface area contributed by atoms with Gasteiger partial charge >= 0.3 is 0 Å². The highest BCUT2D eigenvalue weighted by molar-refractivity contribution is 6.05. The van der Waals surface area contributed by atoms with E-state index in [-0.39, 0.29) is 30.5 Å². The van der Waals surface area contributed by atoms with E-state index in [0.717, 1.165) is 24.1 Å². The summed E-state index contributed by atoms with van der Waals surface area (Å²) >= 11 is 0. The minimum atomic E-state index is -0.676. The summed E-state index contributed by atoms with van der Waals surface area (Å²) in [6, 6.07) is 6.74. The first kappa shape index (κ1) is 21.2. The number of amides is 4. The number of aryl methyl sites for hydroxylation is 1. The van der Waals surface area contributed by atoms with Crippen molar-refractivity contribution in [1.29, 1.82) is 0 Å². The maximum Gasteiger partial charge on any atom is 0.279 e. The quantitative estimate of drug-likeness (QED) is 0.527. The highest BCUT2D eigenvalue weighted by Crippen LogP contribution is 2.36. The Morgan fingerprint density at radius 1 is 1.14 bits per heavy atom. The van der Waals surface area contributed by atoms with Gasteiger partial charge in [0.25, 0.3) is 11.8 Å². The number of imide groups is 1. The molecule has 3 aromatic rings. The Kier molecular flexibility index (Phi) is 4.76. The van der Waals surface area contributed by atoms with Gasteiger partial charge in [-0.1, -0.05) is 5.21 Å². The van der Waals surface area contributed by atoms with Crippen LogP contribution in [0, 0.1) is 6.92 Å². The number of nitrogens with zero attached hydrogens (tertiary/aromatic N) is 6. The molecule has 0 bridgehead atoms. The van der Waals surface area contributed by atoms with Crippen molar-refractivity contribution in [1.82, 2.24) is 35.0 Å².